The highest BCUT2D eigenvalue weighted by Crippen LogP contribution is 2.35. The van der Waals surface area contributed by atoms with E-state index in [0.717, 1.165) is 10.5 Å². The van der Waals surface area contributed by atoms with Gasteiger partial charge in [0, 0.05) is 48.3 Å². The number of rotatable bonds is 8. The summed E-state index contributed by atoms with van der Waals surface area (Å²) >= 11 is 1.48. The summed E-state index contributed by atoms with van der Waals surface area (Å²) in [7, 11) is 1.59. The summed E-state index contributed by atoms with van der Waals surface area (Å²) in [6, 6.07) is 5.75. The van der Waals surface area contributed by atoms with Crippen molar-refractivity contribution in [3.8, 4) is 22.9 Å². The summed E-state index contributed by atoms with van der Waals surface area (Å²) in [5.74, 6) is 0.120. The molecule has 0 unspecified atom stereocenters. The Morgan fingerprint density at radius 3 is 2.52 bits per heavy atom. The minimum absolute atomic E-state index is 0.101. The molecular formula is C27H35N7O5S. The summed E-state index contributed by atoms with van der Waals surface area (Å²) in [6.07, 6.45) is -0.344. The predicted molar refractivity (Wildman–Crippen MR) is 153 cm³/mol. The maximum atomic E-state index is 13.4. The fourth-order valence-corrected chi connectivity index (χ4v) is 5.34. The smallest absolute Gasteiger partial charge is 0.339 e. The molecule has 2 aromatic heterocycles. The topological polar surface area (TPSA) is 152 Å². The van der Waals surface area contributed by atoms with Gasteiger partial charge in [-0.3, -0.25) is 15.0 Å². The van der Waals surface area contributed by atoms with Crippen LogP contribution in [0.2, 0.25) is 0 Å². The molecule has 1 saturated heterocycles. The van der Waals surface area contributed by atoms with Crippen molar-refractivity contribution in [1.82, 2.24) is 25.3 Å². The van der Waals surface area contributed by atoms with Crippen LogP contribution in [0.4, 0.5) is 9.93 Å². The molecule has 214 valence electrons. The third-order valence-corrected chi connectivity index (χ3v) is 7.06. The van der Waals surface area contributed by atoms with Crippen LogP contribution in [0.15, 0.2) is 29.6 Å². The molecule has 40 heavy (non-hydrogen) atoms. The third kappa shape index (κ3) is 6.36. The molecule has 1 aliphatic rings. The number of ether oxygens (including phenoxy) is 2. The molecule has 4 rings (SSSR count). The van der Waals surface area contributed by atoms with Gasteiger partial charge in [0.1, 0.15) is 29.3 Å². The fourth-order valence-electron chi connectivity index (χ4n) is 4.49. The lowest BCUT2D eigenvalue weighted by Crippen LogP contribution is -2.57. The highest BCUT2D eigenvalue weighted by molar-refractivity contribution is 7.14. The number of methoxy groups -OCH3 is 1. The first-order valence-corrected chi connectivity index (χ1v) is 13.9. The fraction of sp³-hybridized carbons (Fsp3) is 0.444. The minimum atomic E-state index is -0.900. The van der Waals surface area contributed by atoms with Crippen LogP contribution in [0.5, 0.6) is 11.5 Å². The van der Waals surface area contributed by atoms with E-state index in [-0.39, 0.29) is 25.0 Å². The molecule has 4 N–H and O–H groups in total. The van der Waals surface area contributed by atoms with Gasteiger partial charge in [0.15, 0.2) is 5.13 Å². The molecule has 1 fully saturated rings. The van der Waals surface area contributed by atoms with E-state index >= 15 is 0 Å². The predicted octanol–water partition coefficient (Wildman–Crippen LogP) is 3.38. The molecule has 0 bridgehead atoms. The van der Waals surface area contributed by atoms with Crippen molar-refractivity contribution in [2.24, 2.45) is 5.73 Å². The molecule has 3 heterocycles. The molecule has 12 nitrogen and oxygen atoms in total. The zero-order valence-electron chi connectivity index (χ0n) is 23.4. The molecule has 13 heteroatoms. The van der Waals surface area contributed by atoms with Crippen molar-refractivity contribution in [3.63, 3.8) is 0 Å². The minimum Gasteiger partial charge on any atom is -0.497 e. The SMILES string of the molecule is COc1ccc2c(O[C@@H]3C[C@@H](C(N)=O)N(C(=O)N(NC(C)=O)C(C)C)C3)cc(-c3csc(NC(C)C)n3)nc2c1. The number of pyridine rings is 1. The van der Waals surface area contributed by atoms with E-state index in [0.29, 0.717) is 28.4 Å². The second-order valence-corrected chi connectivity index (χ2v) is 11.0. The summed E-state index contributed by atoms with van der Waals surface area (Å²) in [5, 5.41) is 7.93. The van der Waals surface area contributed by atoms with Gasteiger partial charge in [-0.15, -0.1) is 11.3 Å². The Morgan fingerprint density at radius 2 is 1.90 bits per heavy atom. The number of benzene rings is 1. The largest absolute Gasteiger partial charge is 0.497 e. The van der Waals surface area contributed by atoms with E-state index in [1.165, 1.54) is 28.2 Å². The second kappa shape index (κ2) is 11.9. The number of urea groups is 1. The molecule has 0 aliphatic carbocycles. The van der Waals surface area contributed by atoms with Gasteiger partial charge in [0.05, 0.1) is 24.9 Å². The zero-order valence-corrected chi connectivity index (χ0v) is 24.2. The lowest BCUT2D eigenvalue weighted by molar-refractivity contribution is -0.123. The number of carbonyl (C=O) groups excluding carboxylic acids is 3. The lowest BCUT2D eigenvalue weighted by Gasteiger charge is -2.32. The Kier molecular flexibility index (Phi) is 8.62. The number of likely N-dealkylation sites (tertiary alicyclic amines) is 1. The quantitative estimate of drug-likeness (QED) is 0.349. The van der Waals surface area contributed by atoms with Crippen molar-refractivity contribution < 1.29 is 23.9 Å². The number of nitrogens with two attached hydrogens (primary N) is 1. The average molecular weight is 570 g/mol. The Bertz CT molecular complexity index is 1410. The van der Waals surface area contributed by atoms with Crippen LogP contribution in [0.3, 0.4) is 0 Å². The number of hydrogen-bond donors (Lipinski definition) is 3. The Morgan fingerprint density at radius 1 is 1.15 bits per heavy atom. The lowest BCUT2D eigenvalue weighted by atomic mass is 10.1. The highest BCUT2D eigenvalue weighted by Gasteiger charge is 2.42. The number of amides is 4. The van der Waals surface area contributed by atoms with Crippen LogP contribution in [0.1, 0.15) is 41.0 Å². The number of fused-ring (bicyclic) bond motifs is 1. The van der Waals surface area contributed by atoms with E-state index in [2.05, 4.69) is 15.7 Å². The van der Waals surface area contributed by atoms with Gasteiger partial charge in [0.2, 0.25) is 11.8 Å². The average Bonchev–Trinajstić information content (AvgIpc) is 3.53. The van der Waals surface area contributed by atoms with Gasteiger partial charge in [-0.2, -0.15) is 0 Å². The van der Waals surface area contributed by atoms with Crippen molar-refractivity contribution in [2.45, 2.75) is 65.3 Å². The molecule has 4 amide bonds. The van der Waals surface area contributed by atoms with Gasteiger partial charge in [0.25, 0.3) is 0 Å². The number of hydrogen-bond acceptors (Lipinski definition) is 9. The first-order chi connectivity index (χ1) is 19.0. The first-order valence-electron chi connectivity index (χ1n) is 13.0. The maximum Gasteiger partial charge on any atom is 0.339 e. The number of hydrazine groups is 1. The molecule has 3 aromatic rings. The summed E-state index contributed by atoms with van der Waals surface area (Å²) in [5.41, 5.74) is 10.2. The molecule has 2 atom stereocenters. The van der Waals surface area contributed by atoms with E-state index in [4.69, 9.17) is 20.2 Å². The van der Waals surface area contributed by atoms with E-state index < -0.39 is 30.0 Å². The standard InChI is InChI=1S/C27H35N7O5S/c1-14(2)29-26-31-22(13-40-26)21-11-24(19-8-7-17(38-6)9-20(19)30-21)39-18-10-23(25(28)36)33(12-18)27(37)34(15(3)4)32-16(5)35/h7-9,11,13-15,18,23H,10,12H2,1-6H3,(H2,28,36)(H,29,31)(H,32,35)/t18-,23+/m1/s1. The number of thiazole rings is 1. The van der Waals surface area contributed by atoms with E-state index in [1.54, 1.807) is 21.0 Å². The third-order valence-electron chi connectivity index (χ3n) is 6.29. The highest BCUT2D eigenvalue weighted by atomic mass is 32.1. The van der Waals surface area contributed by atoms with Gasteiger partial charge in [-0.1, -0.05) is 0 Å². The molecule has 0 spiro atoms. The molecule has 0 saturated carbocycles. The van der Waals surface area contributed by atoms with Crippen LogP contribution in [-0.2, 0) is 9.59 Å². The summed E-state index contributed by atoms with van der Waals surface area (Å²) in [4.78, 5) is 48.3. The Balaban J connectivity index is 1.67. The molecule has 0 radical (unpaired) electrons. The molecule has 1 aliphatic heterocycles. The number of nitrogens with zero attached hydrogens (tertiary/aromatic N) is 4. The number of nitrogens with one attached hydrogen (secondary N) is 2. The van der Waals surface area contributed by atoms with Crippen LogP contribution in [0, 0.1) is 0 Å². The van der Waals surface area contributed by atoms with Crippen molar-refractivity contribution in [3.05, 3.63) is 29.6 Å². The normalized spacial score (nSPS) is 16.9. The molecule has 1 aromatic carbocycles. The number of primary amides is 1. The number of carbonyl (C=O) groups is 3. The second-order valence-electron chi connectivity index (χ2n) is 10.2. The van der Waals surface area contributed by atoms with Crippen molar-refractivity contribution >= 4 is 45.2 Å². The van der Waals surface area contributed by atoms with Gasteiger partial charge >= 0.3 is 6.03 Å². The summed E-state index contributed by atoms with van der Waals surface area (Å²) < 4.78 is 11.9. The monoisotopic (exact) mass is 569 g/mol. The first kappa shape index (κ1) is 28.9. The molecular weight excluding hydrogens is 534 g/mol. The van der Waals surface area contributed by atoms with Crippen LogP contribution < -0.4 is 25.9 Å². The Labute approximate surface area is 236 Å². The van der Waals surface area contributed by atoms with Gasteiger partial charge in [-0.25, -0.2) is 19.8 Å². The maximum absolute atomic E-state index is 13.4. The Hall–Kier alpha value is -4.13. The van der Waals surface area contributed by atoms with Gasteiger partial charge in [-0.05, 0) is 39.8 Å². The van der Waals surface area contributed by atoms with Crippen LogP contribution >= 0.6 is 11.3 Å². The summed E-state index contributed by atoms with van der Waals surface area (Å²) in [6.45, 7) is 9.02. The van der Waals surface area contributed by atoms with Crippen LogP contribution in [0.25, 0.3) is 22.3 Å². The number of aromatic nitrogens is 2. The van der Waals surface area contributed by atoms with Crippen molar-refractivity contribution in [2.75, 3.05) is 19.0 Å². The van der Waals surface area contributed by atoms with Crippen molar-refractivity contribution in [1.29, 1.82) is 0 Å². The number of anilines is 1. The van der Waals surface area contributed by atoms with E-state index in [9.17, 15) is 14.4 Å². The zero-order chi connectivity index (χ0) is 29.1. The van der Waals surface area contributed by atoms with E-state index in [1.807, 2.05) is 43.5 Å². The van der Waals surface area contributed by atoms with Gasteiger partial charge < -0.3 is 25.4 Å². The van der Waals surface area contributed by atoms with Crippen LogP contribution in [-0.4, -0.2) is 75.6 Å².